The lowest BCUT2D eigenvalue weighted by atomic mass is 10.1. The number of esters is 1. The molecule has 0 aliphatic carbocycles. The van der Waals surface area contributed by atoms with Gasteiger partial charge in [-0.2, -0.15) is 10.1 Å². The number of aryl methyl sites for hydroxylation is 3. The number of aromatic nitrogens is 4. The molecular weight excluding hydrogens is 356 g/mol. The predicted octanol–water partition coefficient (Wildman–Crippen LogP) is 4.20. The van der Waals surface area contributed by atoms with E-state index in [1.54, 1.807) is 11.6 Å². The van der Waals surface area contributed by atoms with Gasteiger partial charge in [-0.25, -0.2) is 14.5 Å². The number of carbonyl (C=O) groups is 1. The molecule has 0 N–H and O–H groups in total. The van der Waals surface area contributed by atoms with Crippen LogP contribution < -0.4 is 4.74 Å². The molecule has 0 fully saturated rings. The largest absolute Gasteiger partial charge is 0.462 e. The maximum absolute atomic E-state index is 12.3. The molecule has 28 heavy (non-hydrogen) atoms. The molecule has 0 radical (unpaired) electrons. The molecule has 3 aromatic rings. The first-order valence-electron chi connectivity index (χ1n) is 9.36. The van der Waals surface area contributed by atoms with E-state index in [1.165, 1.54) is 11.8 Å². The molecule has 0 aliphatic heterocycles. The molecular formula is C21H24N4O3. The summed E-state index contributed by atoms with van der Waals surface area (Å²) in [5, 5.41) is 4.39. The third-order valence-corrected chi connectivity index (χ3v) is 4.11. The van der Waals surface area contributed by atoms with Crippen LogP contribution in [0.25, 0.3) is 5.95 Å². The van der Waals surface area contributed by atoms with Crippen molar-refractivity contribution in [3.63, 3.8) is 0 Å². The Kier molecular flexibility index (Phi) is 6.03. The highest BCUT2D eigenvalue weighted by molar-refractivity contribution is 5.91. The Morgan fingerprint density at radius 1 is 1.14 bits per heavy atom. The average Bonchev–Trinajstić information content (AvgIpc) is 3.02. The van der Waals surface area contributed by atoms with Crippen molar-refractivity contribution in [2.75, 3.05) is 6.61 Å². The van der Waals surface area contributed by atoms with E-state index in [-0.39, 0.29) is 18.1 Å². The summed E-state index contributed by atoms with van der Waals surface area (Å²) in [7, 11) is 0. The molecule has 2 aromatic heterocycles. The van der Waals surface area contributed by atoms with Crippen LogP contribution in [0.5, 0.6) is 11.6 Å². The molecule has 0 unspecified atom stereocenters. The van der Waals surface area contributed by atoms with E-state index in [9.17, 15) is 4.79 Å². The summed E-state index contributed by atoms with van der Waals surface area (Å²) in [6, 6.07) is 9.67. The van der Waals surface area contributed by atoms with Crippen LogP contribution in [0.2, 0.25) is 0 Å². The van der Waals surface area contributed by atoms with Crippen molar-refractivity contribution >= 4 is 5.97 Å². The van der Waals surface area contributed by atoms with Crippen molar-refractivity contribution in [3.05, 3.63) is 59.0 Å². The summed E-state index contributed by atoms with van der Waals surface area (Å²) in [6.07, 6.45) is 3.49. The lowest BCUT2D eigenvalue weighted by Crippen LogP contribution is -2.12. The Labute approximate surface area is 164 Å². The van der Waals surface area contributed by atoms with Gasteiger partial charge in [-0.3, -0.25) is 0 Å². The molecule has 7 nitrogen and oxygen atoms in total. The Balaban J connectivity index is 1.98. The smallest absolute Gasteiger partial charge is 0.345 e. The Morgan fingerprint density at radius 3 is 2.50 bits per heavy atom. The van der Waals surface area contributed by atoms with Crippen molar-refractivity contribution in [1.82, 2.24) is 19.7 Å². The summed E-state index contributed by atoms with van der Waals surface area (Å²) >= 11 is 0. The lowest BCUT2D eigenvalue weighted by molar-refractivity contribution is 0.0522. The van der Waals surface area contributed by atoms with E-state index in [0.29, 0.717) is 11.7 Å². The number of benzene rings is 1. The van der Waals surface area contributed by atoms with E-state index >= 15 is 0 Å². The van der Waals surface area contributed by atoms with Crippen molar-refractivity contribution in [1.29, 1.82) is 0 Å². The number of ether oxygens (including phenoxy) is 2. The lowest BCUT2D eigenvalue weighted by Gasteiger charge is -2.11. The van der Waals surface area contributed by atoms with Crippen molar-refractivity contribution in [2.45, 2.75) is 40.5 Å². The first-order chi connectivity index (χ1) is 13.5. The van der Waals surface area contributed by atoms with Crippen LogP contribution in [0.3, 0.4) is 0 Å². The predicted molar refractivity (Wildman–Crippen MR) is 105 cm³/mol. The molecule has 0 aliphatic rings. The zero-order valence-corrected chi connectivity index (χ0v) is 16.6. The Morgan fingerprint density at radius 2 is 1.89 bits per heavy atom. The first kappa shape index (κ1) is 19.5. The third kappa shape index (κ3) is 4.36. The van der Waals surface area contributed by atoms with E-state index in [2.05, 4.69) is 22.0 Å². The van der Waals surface area contributed by atoms with Crippen molar-refractivity contribution in [2.24, 2.45) is 0 Å². The molecule has 0 bridgehead atoms. The van der Waals surface area contributed by atoms with E-state index in [4.69, 9.17) is 9.47 Å². The number of rotatable bonds is 7. The summed E-state index contributed by atoms with van der Waals surface area (Å²) in [6.45, 7) is 7.94. The third-order valence-electron chi connectivity index (χ3n) is 4.11. The van der Waals surface area contributed by atoms with Crippen LogP contribution in [-0.2, 0) is 11.2 Å². The summed E-state index contributed by atoms with van der Waals surface area (Å²) in [4.78, 5) is 21.0. The van der Waals surface area contributed by atoms with Crippen LogP contribution >= 0.6 is 0 Å². The fourth-order valence-corrected chi connectivity index (χ4v) is 2.84. The highest BCUT2D eigenvalue weighted by atomic mass is 16.5. The molecule has 1 aromatic carbocycles. The molecule has 0 atom stereocenters. The highest BCUT2D eigenvalue weighted by Crippen LogP contribution is 2.25. The molecule has 0 amide bonds. The fourth-order valence-electron chi connectivity index (χ4n) is 2.84. The van der Waals surface area contributed by atoms with Crippen molar-refractivity contribution in [3.8, 4) is 17.6 Å². The van der Waals surface area contributed by atoms with Gasteiger partial charge in [-0.15, -0.1) is 0 Å². The SMILES string of the molecule is CCCc1ccc(Oc2nc(-n3nc(C)cc3C)ncc2C(=O)OCC)cc1. The minimum absolute atomic E-state index is 0.138. The zero-order valence-electron chi connectivity index (χ0n) is 16.6. The van der Waals surface area contributed by atoms with Gasteiger partial charge in [0.25, 0.3) is 5.95 Å². The van der Waals surface area contributed by atoms with Gasteiger partial charge in [0.05, 0.1) is 18.5 Å². The second kappa shape index (κ2) is 8.65. The molecule has 2 heterocycles. The molecule has 146 valence electrons. The van der Waals surface area contributed by atoms with Gasteiger partial charge < -0.3 is 9.47 Å². The van der Waals surface area contributed by atoms with E-state index in [1.807, 2.05) is 44.2 Å². The quantitative estimate of drug-likeness (QED) is 0.572. The minimum atomic E-state index is -0.528. The number of hydrogen-bond donors (Lipinski definition) is 0. The van der Waals surface area contributed by atoms with E-state index in [0.717, 1.165) is 24.2 Å². The minimum Gasteiger partial charge on any atom is -0.462 e. The van der Waals surface area contributed by atoms with Crippen LogP contribution in [0.1, 0.15) is 47.6 Å². The van der Waals surface area contributed by atoms with Gasteiger partial charge in [-0.05, 0) is 51.0 Å². The van der Waals surface area contributed by atoms with Gasteiger partial charge in [0.2, 0.25) is 5.88 Å². The van der Waals surface area contributed by atoms with Crippen LogP contribution in [0.4, 0.5) is 0 Å². The average molecular weight is 380 g/mol. The molecule has 0 saturated carbocycles. The monoisotopic (exact) mass is 380 g/mol. The summed E-state index contributed by atoms with van der Waals surface area (Å²) in [5.74, 6) is 0.527. The van der Waals surface area contributed by atoms with E-state index < -0.39 is 5.97 Å². The normalized spacial score (nSPS) is 10.7. The molecule has 3 rings (SSSR count). The highest BCUT2D eigenvalue weighted by Gasteiger charge is 2.19. The maximum Gasteiger partial charge on any atom is 0.345 e. The summed E-state index contributed by atoms with van der Waals surface area (Å²) in [5.41, 5.74) is 3.14. The second-order valence-electron chi connectivity index (χ2n) is 6.44. The van der Waals surface area contributed by atoms with Gasteiger partial charge in [-0.1, -0.05) is 25.5 Å². The van der Waals surface area contributed by atoms with Crippen LogP contribution in [0, 0.1) is 13.8 Å². The fraction of sp³-hybridized carbons (Fsp3) is 0.333. The molecule has 0 saturated heterocycles. The molecule has 7 heteroatoms. The second-order valence-corrected chi connectivity index (χ2v) is 6.44. The van der Waals surface area contributed by atoms with Gasteiger partial charge in [0.15, 0.2) is 0 Å². The Bertz CT molecular complexity index is 964. The maximum atomic E-state index is 12.3. The van der Waals surface area contributed by atoms with Crippen LogP contribution in [0.15, 0.2) is 36.5 Å². The Hall–Kier alpha value is -3.22. The van der Waals surface area contributed by atoms with Crippen LogP contribution in [-0.4, -0.2) is 32.3 Å². The topological polar surface area (TPSA) is 79.1 Å². The summed E-state index contributed by atoms with van der Waals surface area (Å²) < 4.78 is 12.6. The van der Waals surface area contributed by atoms with Gasteiger partial charge >= 0.3 is 5.97 Å². The van der Waals surface area contributed by atoms with Gasteiger partial charge in [0.1, 0.15) is 11.3 Å². The zero-order chi connectivity index (χ0) is 20.1. The first-order valence-corrected chi connectivity index (χ1v) is 9.36. The number of carbonyl (C=O) groups excluding carboxylic acids is 1. The van der Waals surface area contributed by atoms with Gasteiger partial charge in [0, 0.05) is 5.69 Å². The number of nitrogens with zero attached hydrogens (tertiary/aromatic N) is 4. The van der Waals surface area contributed by atoms with Crippen molar-refractivity contribution < 1.29 is 14.3 Å². The number of hydrogen-bond acceptors (Lipinski definition) is 6. The standard InChI is InChI=1S/C21H24N4O3/c1-5-7-16-8-10-17(11-9-16)28-19-18(20(26)27-6-2)13-22-21(23-19)25-15(4)12-14(3)24-25/h8-13H,5-7H2,1-4H3. The molecule has 0 spiro atoms.